The van der Waals surface area contributed by atoms with E-state index in [-0.39, 0.29) is 0 Å². The smallest absolute Gasteiger partial charge is 0.118 e. The third-order valence-electron chi connectivity index (χ3n) is 5.04. The van der Waals surface area contributed by atoms with Crippen molar-refractivity contribution >= 4 is 0 Å². The summed E-state index contributed by atoms with van der Waals surface area (Å²) < 4.78 is 16.2. The number of likely N-dealkylation sites (N-methyl/N-ethyl adjacent to an activating group) is 1. The van der Waals surface area contributed by atoms with E-state index in [1.165, 1.54) is 18.7 Å². The zero-order valence-electron chi connectivity index (χ0n) is 18.9. The molecule has 0 saturated carbocycles. The van der Waals surface area contributed by atoms with Crippen molar-refractivity contribution in [3.8, 4) is 0 Å². The molecule has 2 fully saturated rings. The predicted molar refractivity (Wildman–Crippen MR) is 117 cm³/mol. The number of nitrogens with zero attached hydrogens (tertiary/aromatic N) is 3. The van der Waals surface area contributed by atoms with Crippen molar-refractivity contribution in [1.29, 1.82) is 0 Å². The van der Waals surface area contributed by atoms with Gasteiger partial charge in [0.15, 0.2) is 0 Å². The molecule has 0 bridgehead atoms. The highest BCUT2D eigenvalue weighted by molar-refractivity contribution is 5.10. The monoisotopic (exact) mass is 405 g/mol. The Kier molecular flexibility index (Phi) is 10.5. The van der Waals surface area contributed by atoms with E-state index in [0.717, 1.165) is 69.8 Å². The van der Waals surface area contributed by atoms with E-state index >= 15 is 0 Å². The Balaban J connectivity index is 0.000000191. The Bertz CT molecular complexity index is 668. The first-order chi connectivity index (χ1) is 14.1. The van der Waals surface area contributed by atoms with Crippen LogP contribution in [0, 0.1) is 13.8 Å². The van der Waals surface area contributed by atoms with Crippen molar-refractivity contribution in [1.82, 2.24) is 14.7 Å². The first-order valence-electron chi connectivity index (χ1n) is 10.9. The van der Waals surface area contributed by atoms with E-state index < -0.39 is 0 Å². The molecule has 29 heavy (non-hydrogen) atoms. The first-order valence-corrected chi connectivity index (χ1v) is 10.9. The highest BCUT2D eigenvalue weighted by Gasteiger charge is 2.15. The fourth-order valence-electron chi connectivity index (χ4n) is 3.35. The fourth-order valence-corrected chi connectivity index (χ4v) is 3.35. The Morgan fingerprint density at radius 2 is 1.45 bits per heavy atom. The summed E-state index contributed by atoms with van der Waals surface area (Å²) in [7, 11) is 2.17. The summed E-state index contributed by atoms with van der Waals surface area (Å²) in [6.45, 7) is 18.3. The van der Waals surface area contributed by atoms with Crippen LogP contribution in [-0.2, 0) is 17.8 Å². The minimum Gasteiger partial charge on any atom is -0.468 e. The van der Waals surface area contributed by atoms with E-state index in [1.54, 1.807) is 0 Å². The Morgan fingerprint density at radius 3 is 2.00 bits per heavy atom. The summed E-state index contributed by atoms with van der Waals surface area (Å²) in [6, 6.07) is 6.18. The molecule has 6 heteroatoms. The Hall–Kier alpha value is -1.60. The van der Waals surface area contributed by atoms with Crippen LogP contribution in [0.2, 0.25) is 0 Å². The zero-order valence-corrected chi connectivity index (χ0v) is 18.9. The number of hydrogen-bond donors (Lipinski definition) is 0. The maximum absolute atomic E-state index is 5.50. The first kappa shape index (κ1) is 23.7. The van der Waals surface area contributed by atoms with Crippen LogP contribution in [0.3, 0.4) is 0 Å². The summed E-state index contributed by atoms with van der Waals surface area (Å²) >= 11 is 0. The van der Waals surface area contributed by atoms with Crippen molar-refractivity contribution in [2.24, 2.45) is 0 Å². The fraction of sp³-hybridized carbons (Fsp3) is 0.652. The molecule has 6 nitrogen and oxygen atoms in total. The van der Waals surface area contributed by atoms with Gasteiger partial charge in [-0.15, -0.1) is 0 Å². The SMILES string of the molecule is CC.Cc1ccc(CN2CCOCC2)o1.Cc1coc(CN2CCN(C)CC2)c1. The molecule has 0 radical (unpaired) electrons. The second-order valence-corrected chi connectivity index (χ2v) is 7.57. The largest absolute Gasteiger partial charge is 0.468 e. The van der Waals surface area contributed by atoms with Crippen molar-refractivity contribution in [2.75, 3.05) is 59.5 Å². The van der Waals surface area contributed by atoms with Crippen LogP contribution in [-0.4, -0.2) is 74.2 Å². The molecule has 0 amide bonds. The average Bonchev–Trinajstić information content (AvgIpc) is 3.34. The van der Waals surface area contributed by atoms with Gasteiger partial charge in [0.2, 0.25) is 0 Å². The van der Waals surface area contributed by atoms with E-state index in [2.05, 4.69) is 34.7 Å². The third-order valence-corrected chi connectivity index (χ3v) is 5.04. The molecule has 0 aromatic carbocycles. The molecule has 2 aliphatic rings. The molecule has 2 aliphatic heterocycles. The predicted octanol–water partition coefficient (Wildman–Crippen LogP) is 3.78. The van der Waals surface area contributed by atoms with Crippen molar-refractivity contribution in [3.05, 3.63) is 47.3 Å². The number of piperazine rings is 1. The van der Waals surface area contributed by atoms with Crippen LogP contribution < -0.4 is 0 Å². The third kappa shape index (κ3) is 8.74. The summed E-state index contributed by atoms with van der Waals surface area (Å²) in [5.74, 6) is 3.13. The number of ether oxygens (including phenoxy) is 1. The lowest BCUT2D eigenvalue weighted by atomic mass is 10.3. The van der Waals surface area contributed by atoms with Crippen molar-refractivity contribution in [2.45, 2.75) is 40.8 Å². The highest BCUT2D eigenvalue weighted by atomic mass is 16.5. The van der Waals surface area contributed by atoms with Gasteiger partial charge in [-0.25, -0.2) is 0 Å². The average molecular weight is 406 g/mol. The number of morpholine rings is 1. The van der Waals surface area contributed by atoms with Crippen LogP contribution in [0.1, 0.15) is 36.7 Å². The second kappa shape index (κ2) is 12.9. The normalized spacial score (nSPS) is 18.5. The number of aryl methyl sites for hydroxylation is 2. The molecule has 0 unspecified atom stereocenters. The van der Waals surface area contributed by atoms with Gasteiger partial charge in [0.25, 0.3) is 0 Å². The van der Waals surface area contributed by atoms with Crippen LogP contribution in [0.15, 0.2) is 33.3 Å². The van der Waals surface area contributed by atoms with Gasteiger partial charge in [0.1, 0.15) is 17.3 Å². The molecular weight excluding hydrogens is 366 g/mol. The molecule has 4 rings (SSSR count). The molecule has 0 spiro atoms. The molecule has 2 saturated heterocycles. The summed E-state index contributed by atoms with van der Waals surface area (Å²) in [5.41, 5.74) is 1.22. The summed E-state index contributed by atoms with van der Waals surface area (Å²) in [4.78, 5) is 7.16. The molecular formula is C23H39N3O3. The molecule has 2 aromatic heterocycles. The minimum absolute atomic E-state index is 0.847. The minimum atomic E-state index is 0.847. The lowest BCUT2D eigenvalue weighted by Gasteiger charge is -2.31. The van der Waals surface area contributed by atoms with Gasteiger partial charge < -0.3 is 18.5 Å². The molecule has 0 N–H and O–H groups in total. The van der Waals surface area contributed by atoms with Gasteiger partial charge in [-0.1, -0.05) is 13.8 Å². The summed E-state index contributed by atoms with van der Waals surface area (Å²) in [5, 5.41) is 0. The lowest BCUT2D eigenvalue weighted by Crippen LogP contribution is -2.43. The quantitative estimate of drug-likeness (QED) is 0.771. The van der Waals surface area contributed by atoms with Crippen LogP contribution in [0.25, 0.3) is 0 Å². The van der Waals surface area contributed by atoms with Gasteiger partial charge in [0.05, 0.1) is 32.6 Å². The van der Waals surface area contributed by atoms with Gasteiger partial charge in [0, 0.05) is 39.3 Å². The van der Waals surface area contributed by atoms with E-state index in [0.29, 0.717) is 0 Å². The Labute approximate surface area is 176 Å². The van der Waals surface area contributed by atoms with Gasteiger partial charge in [-0.05, 0) is 44.7 Å². The second-order valence-electron chi connectivity index (χ2n) is 7.57. The maximum atomic E-state index is 5.50. The summed E-state index contributed by atoms with van der Waals surface area (Å²) in [6.07, 6.45) is 1.82. The van der Waals surface area contributed by atoms with Crippen LogP contribution >= 0.6 is 0 Å². The number of hydrogen-bond acceptors (Lipinski definition) is 6. The number of rotatable bonds is 4. The molecule has 4 heterocycles. The topological polar surface area (TPSA) is 45.2 Å². The van der Waals surface area contributed by atoms with Crippen molar-refractivity contribution in [3.63, 3.8) is 0 Å². The highest BCUT2D eigenvalue weighted by Crippen LogP contribution is 2.11. The van der Waals surface area contributed by atoms with Gasteiger partial charge in [-0.3, -0.25) is 9.80 Å². The van der Waals surface area contributed by atoms with E-state index in [1.807, 2.05) is 39.2 Å². The maximum Gasteiger partial charge on any atom is 0.118 e. The van der Waals surface area contributed by atoms with Gasteiger partial charge >= 0.3 is 0 Å². The van der Waals surface area contributed by atoms with E-state index in [4.69, 9.17) is 13.6 Å². The molecule has 0 atom stereocenters. The number of furan rings is 2. The van der Waals surface area contributed by atoms with Crippen LogP contribution in [0.4, 0.5) is 0 Å². The van der Waals surface area contributed by atoms with E-state index in [9.17, 15) is 0 Å². The molecule has 2 aromatic rings. The lowest BCUT2D eigenvalue weighted by molar-refractivity contribution is 0.0312. The van der Waals surface area contributed by atoms with Gasteiger partial charge in [-0.2, -0.15) is 0 Å². The molecule has 164 valence electrons. The standard InChI is InChI=1S/C11H18N2O.C10H15NO2.C2H6/c1-10-7-11(14-9-10)8-13-5-3-12(2)4-6-13;1-9-2-3-10(13-9)8-11-4-6-12-7-5-11;1-2/h7,9H,3-6,8H2,1-2H3;2-3H,4-8H2,1H3;1-2H3. The molecule has 0 aliphatic carbocycles. The Morgan fingerprint density at radius 1 is 0.828 bits per heavy atom. The zero-order chi connectivity index (χ0) is 21.1. The van der Waals surface area contributed by atoms with Crippen molar-refractivity contribution < 1.29 is 13.6 Å². The van der Waals surface area contributed by atoms with Crippen LogP contribution in [0.5, 0.6) is 0 Å².